The van der Waals surface area contributed by atoms with Gasteiger partial charge in [-0.15, -0.1) is 0 Å². The van der Waals surface area contributed by atoms with Crippen molar-refractivity contribution in [2.45, 2.75) is 37.8 Å². The number of aromatic nitrogens is 5. The van der Waals surface area contributed by atoms with E-state index in [-0.39, 0.29) is 40.3 Å². The average molecular weight is 471 g/mol. The van der Waals surface area contributed by atoms with Crippen molar-refractivity contribution >= 4 is 22.6 Å². The second kappa shape index (κ2) is 8.69. The number of halogens is 3. The molecule has 2 atom stereocenters. The summed E-state index contributed by atoms with van der Waals surface area (Å²) >= 11 is 0. The first-order valence-corrected chi connectivity index (χ1v) is 10.7. The van der Waals surface area contributed by atoms with E-state index in [0.29, 0.717) is 12.0 Å². The van der Waals surface area contributed by atoms with Gasteiger partial charge in [-0.3, -0.25) is 19.8 Å². The summed E-state index contributed by atoms with van der Waals surface area (Å²) in [7, 11) is 0. The number of benzene rings is 1. The molecule has 0 bridgehead atoms. The van der Waals surface area contributed by atoms with Gasteiger partial charge >= 0.3 is 0 Å². The van der Waals surface area contributed by atoms with Crippen LogP contribution in [0.5, 0.6) is 0 Å². The third-order valence-corrected chi connectivity index (χ3v) is 5.88. The number of nitrogens with one attached hydrogen (secondary N) is 5. The molecule has 1 aromatic carbocycles. The van der Waals surface area contributed by atoms with Gasteiger partial charge in [0.15, 0.2) is 17.5 Å². The van der Waals surface area contributed by atoms with Crippen LogP contribution in [0.15, 0.2) is 35.4 Å². The third-order valence-electron chi connectivity index (χ3n) is 5.88. The third kappa shape index (κ3) is 4.26. The smallest absolute Gasteiger partial charge is 0.269 e. The molecule has 34 heavy (non-hydrogen) atoms. The van der Waals surface area contributed by atoms with Crippen molar-refractivity contribution < 1.29 is 18.0 Å². The van der Waals surface area contributed by atoms with Crippen LogP contribution in [0.25, 0.3) is 22.3 Å². The lowest BCUT2D eigenvalue weighted by Gasteiger charge is -2.30. The molecule has 5 N–H and O–H groups in total. The van der Waals surface area contributed by atoms with E-state index in [1.54, 1.807) is 0 Å². The number of nitrogens with zero attached hydrogens (tertiary/aromatic N) is 2. The summed E-state index contributed by atoms with van der Waals surface area (Å²) < 4.78 is 42.3. The minimum atomic E-state index is -0.749. The largest absolute Gasteiger partial charge is 0.365 e. The molecule has 1 aliphatic carbocycles. The number of H-pyrrole nitrogens is 3. The van der Waals surface area contributed by atoms with Gasteiger partial charge in [0.05, 0.1) is 11.7 Å². The molecule has 12 heteroatoms. The maximum absolute atomic E-state index is 14.5. The van der Waals surface area contributed by atoms with Crippen LogP contribution in [0.1, 0.15) is 36.2 Å². The Labute approximate surface area is 190 Å². The van der Waals surface area contributed by atoms with Crippen molar-refractivity contribution in [3.05, 3.63) is 64.1 Å². The summed E-state index contributed by atoms with van der Waals surface area (Å²) in [4.78, 5) is 34.5. The number of fused-ring (bicyclic) bond motifs is 1. The molecule has 0 saturated heterocycles. The van der Waals surface area contributed by atoms with Gasteiger partial charge in [0.1, 0.15) is 17.3 Å². The molecule has 1 amide bonds. The van der Waals surface area contributed by atoms with Gasteiger partial charge in [-0.25, -0.2) is 23.1 Å². The van der Waals surface area contributed by atoms with Gasteiger partial charge in [0, 0.05) is 41.4 Å². The Morgan fingerprint density at radius 1 is 1.06 bits per heavy atom. The zero-order chi connectivity index (χ0) is 23.8. The van der Waals surface area contributed by atoms with Gasteiger partial charge in [-0.2, -0.15) is 0 Å². The van der Waals surface area contributed by atoms with E-state index in [1.807, 2.05) is 0 Å². The van der Waals surface area contributed by atoms with E-state index in [4.69, 9.17) is 0 Å². The van der Waals surface area contributed by atoms with Crippen molar-refractivity contribution in [3.63, 3.8) is 0 Å². The Morgan fingerprint density at radius 3 is 2.68 bits per heavy atom. The molecule has 1 saturated carbocycles. The lowest BCUT2D eigenvalue weighted by molar-refractivity contribution is 0.0921. The fraction of sp³-hybridized carbons (Fsp3) is 0.273. The van der Waals surface area contributed by atoms with Crippen LogP contribution in [-0.4, -0.2) is 43.1 Å². The Morgan fingerprint density at radius 2 is 1.88 bits per heavy atom. The highest BCUT2D eigenvalue weighted by molar-refractivity contribution is 5.94. The molecule has 1 fully saturated rings. The number of carbonyl (C=O) groups is 1. The SMILES string of the molecule is O=C(N[C@@H]1CCC[C@H](Nc2nc(-c3c[nH]c4c(F)cc(F)cc34)ncc2F)C1)c1cc(=O)[nH][nH]1. The highest BCUT2D eigenvalue weighted by Gasteiger charge is 2.25. The van der Waals surface area contributed by atoms with Crippen LogP contribution < -0.4 is 16.2 Å². The predicted molar refractivity (Wildman–Crippen MR) is 118 cm³/mol. The fourth-order valence-electron chi connectivity index (χ4n) is 4.30. The molecule has 0 spiro atoms. The minimum absolute atomic E-state index is 0.0387. The van der Waals surface area contributed by atoms with Crippen molar-refractivity contribution in [2.75, 3.05) is 5.32 Å². The molecule has 1 aliphatic rings. The van der Waals surface area contributed by atoms with E-state index in [9.17, 15) is 22.8 Å². The Kier molecular flexibility index (Phi) is 5.56. The topological polar surface area (TPSA) is 131 Å². The number of amides is 1. The van der Waals surface area contributed by atoms with E-state index < -0.39 is 28.9 Å². The molecular weight excluding hydrogens is 451 g/mol. The molecule has 176 valence electrons. The van der Waals surface area contributed by atoms with Gasteiger partial charge in [0.25, 0.3) is 11.5 Å². The Bertz CT molecular complexity index is 1430. The first kappa shape index (κ1) is 21.7. The second-order valence-corrected chi connectivity index (χ2v) is 8.25. The van der Waals surface area contributed by atoms with Crippen molar-refractivity contribution in [1.29, 1.82) is 0 Å². The second-order valence-electron chi connectivity index (χ2n) is 8.25. The normalized spacial score (nSPS) is 18.2. The number of hydrogen-bond acceptors (Lipinski definition) is 5. The summed E-state index contributed by atoms with van der Waals surface area (Å²) in [6.45, 7) is 0. The van der Waals surface area contributed by atoms with Crippen LogP contribution in [0, 0.1) is 17.5 Å². The summed E-state index contributed by atoms with van der Waals surface area (Å²) in [6, 6.07) is 2.75. The Hall–Kier alpha value is -4.09. The first-order chi connectivity index (χ1) is 16.4. The summed E-state index contributed by atoms with van der Waals surface area (Å²) in [5.41, 5.74) is 0.182. The van der Waals surface area contributed by atoms with E-state index in [0.717, 1.165) is 37.6 Å². The van der Waals surface area contributed by atoms with Gasteiger partial charge in [-0.1, -0.05) is 0 Å². The highest BCUT2D eigenvalue weighted by Crippen LogP contribution is 2.30. The predicted octanol–water partition coefficient (Wildman–Crippen LogP) is 3.21. The summed E-state index contributed by atoms with van der Waals surface area (Å²) in [5.74, 6) is -2.50. The van der Waals surface area contributed by atoms with Crippen LogP contribution in [0.4, 0.5) is 19.0 Å². The van der Waals surface area contributed by atoms with Gasteiger partial charge in [0.2, 0.25) is 0 Å². The molecule has 0 unspecified atom stereocenters. The molecule has 0 radical (unpaired) electrons. The van der Waals surface area contributed by atoms with Crippen LogP contribution in [0.2, 0.25) is 0 Å². The zero-order valence-electron chi connectivity index (χ0n) is 17.7. The zero-order valence-corrected chi connectivity index (χ0v) is 17.7. The number of hydrogen-bond donors (Lipinski definition) is 5. The molecule has 9 nitrogen and oxygen atoms in total. The number of carbonyl (C=O) groups excluding carboxylic acids is 1. The van der Waals surface area contributed by atoms with E-state index >= 15 is 0 Å². The number of rotatable bonds is 5. The van der Waals surface area contributed by atoms with E-state index in [2.05, 4.69) is 35.8 Å². The molecular formula is C22H20F3N7O2. The molecule has 5 rings (SSSR count). The van der Waals surface area contributed by atoms with Crippen molar-refractivity contribution in [3.8, 4) is 11.4 Å². The maximum Gasteiger partial charge on any atom is 0.269 e. The lowest BCUT2D eigenvalue weighted by atomic mass is 9.91. The summed E-state index contributed by atoms with van der Waals surface area (Å²) in [6.07, 6.45) is 5.22. The number of aromatic amines is 3. The minimum Gasteiger partial charge on any atom is -0.365 e. The monoisotopic (exact) mass is 471 g/mol. The molecule has 0 aliphatic heterocycles. The van der Waals surface area contributed by atoms with Crippen LogP contribution in [0.3, 0.4) is 0 Å². The molecule has 3 heterocycles. The fourth-order valence-corrected chi connectivity index (χ4v) is 4.30. The van der Waals surface area contributed by atoms with E-state index in [1.165, 1.54) is 12.3 Å². The molecule has 4 aromatic rings. The number of anilines is 1. The van der Waals surface area contributed by atoms with Crippen LogP contribution in [-0.2, 0) is 0 Å². The first-order valence-electron chi connectivity index (χ1n) is 10.7. The van der Waals surface area contributed by atoms with Gasteiger partial charge < -0.3 is 15.6 Å². The molecule has 3 aromatic heterocycles. The van der Waals surface area contributed by atoms with Gasteiger partial charge in [-0.05, 0) is 31.7 Å². The van der Waals surface area contributed by atoms with Crippen LogP contribution >= 0.6 is 0 Å². The lowest BCUT2D eigenvalue weighted by Crippen LogP contribution is -2.42. The maximum atomic E-state index is 14.5. The van der Waals surface area contributed by atoms with Crippen molar-refractivity contribution in [1.82, 2.24) is 30.5 Å². The quantitative estimate of drug-likeness (QED) is 0.305. The summed E-state index contributed by atoms with van der Waals surface area (Å²) in [5, 5.41) is 11.0. The van der Waals surface area contributed by atoms with Crippen molar-refractivity contribution in [2.24, 2.45) is 0 Å². The average Bonchev–Trinajstić information content (AvgIpc) is 3.42. The Balaban J connectivity index is 1.33. The standard InChI is InChI=1S/C22H20F3N7O2/c23-10-4-13-14(8-26-19(13)15(24)5-10)20-27-9-16(25)21(30-20)28-11-2-1-3-12(6-11)29-22(34)17-7-18(33)32-31-17/h4-5,7-9,11-12,26H,1-3,6H2,(H,29,34)(H,27,28,30)(H2,31,32,33)/t11-,12+/m0/s1. The highest BCUT2D eigenvalue weighted by atomic mass is 19.1.